The van der Waals surface area contributed by atoms with E-state index in [1.165, 1.54) is 10.9 Å². The third kappa shape index (κ3) is 2.90. The molecule has 0 aliphatic heterocycles. The van der Waals surface area contributed by atoms with Gasteiger partial charge in [0.1, 0.15) is 5.69 Å². The Bertz CT molecular complexity index is 961. The van der Waals surface area contributed by atoms with Gasteiger partial charge in [-0.2, -0.15) is 5.10 Å². The predicted octanol–water partition coefficient (Wildman–Crippen LogP) is 4.94. The molecule has 2 aromatic heterocycles. The van der Waals surface area contributed by atoms with E-state index in [-0.39, 0.29) is 23.6 Å². The number of aryl methyl sites for hydroxylation is 1. The van der Waals surface area contributed by atoms with Crippen molar-refractivity contribution in [3.8, 4) is 0 Å². The Balaban J connectivity index is 1.73. The quantitative estimate of drug-likeness (QED) is 0.634. The van der Waals surface area contributed by atoms with Crippen molar-refractivity contribution in [1.82, 2.24) is 14.7 Å². The van der Waals surface area contributed by atoms with Crippen LogP contribution in [-0.4, -0.2) is 26.6 Å². The average molecular weight is 375 g/mol. The Labute approximate surface area is 154 Å². The van der Waals surface area contributed by atoms with E-state index in [0.29, 0.717) is 0 Å². The van der Waals surface area contributed by atoms with Gasteiger partial charge < -0.3 is 4.90 Å². The zero-order chi connectivity index (χ0) is 18.4. The highest BCUT2D eigenvalue weighted by molar-refractivity contribution is 7.17. The van der Waals surface area contributed by atoms with Crippen molar-refractivity contribution < 1.29 is 13.6 Å². The lowest BCUT2D eigenvalue weighted by Crippen LogP contribution is -2.35. The number of hydrogen-bond donors (Lipinski definition) is 0. The van der Waals surface area contributed by atoms with Crippen molar-refractivity contribution in [1.29, 1.82) is 0 Å². The van der Waals surface area contributed by atoms with Gasteiger partial charge in [-0.15, -0.1) is 11.3 Å². The van der Waals surface area contributed by atoms with Gasteiger partial charge in [-0.1, -0.05) is 18.2 Å². The summed E-state index contributed by atoms with van der Waals surface area (Å²) in [7, 11) is 1.56. The van der Waals surface area contributed by atoms with Crippen LogP contribution in [-0.2, 0) is 7.05 Å². The van der Waals surface area contributed by atoms with Gasteiger partial charge in [-0.25, -0.2) is 8.78 Å². The zero-order valence-corrected chi connectivity index (χ0v) is 15.3. The summed E-state index contributed by atoms with van der Waals surface area (Å²) in [5, 5.41) is 6.97. The smallest absolute Gasteiger partial charge is 0.282 e. The average Bonchev–Trinajstić information content (AvgIpc) is 3.21. The van der Waals surface area contributed by atoms with Gasteiger partial charge in [-0.05, 0) is 42.2 Å². The van der Waals surface area contributed by atoms with Crippen LogP contribution >= 0.6 is 11.3 Å². The van der Waals surface area contributed by atoms with E-state index < -0.39 is 12.1 Å². The second kappa shape index (κ2) is 6.46. The van der Waals surface area contributed by atoms with Crippen LogP contribution in [0.5, 0.6) is 0 Å². The molecule has 1 amide bonds. The largest absolute Gasteiger partial charge is 0.329 e. The van der Waals surface area contributed by atoms with Gasteiger partial charge >= 0.3 is 0 Å². The summed E-state index contributed by atoms with van der Waals surface area (Å²) >= 11 is 1.64. The van der Waals surface area contributed by atoms with E-state index in [4.69, 9.17) is 0 Å². The second-order valence-electron chi connectivity index (χ2n) is 6.71. The molecule has 1 unspecified atom stereocenters. The number of nitrogens with zero attached hydrogens (tertiary/aromatic N) is 3. The molecule has 0 radical (unpaired) electrons. The Morgan fingerprint density at radius 1 is 1.35 bits per heavy atom. The number of benzene rings is 1. The van der Waals surface area contributed by atoms with Crippen LogP contribution in [0.1, 0.15) is 53.8 Å². The number of hydrogen-bond acceptors (Lipinski definition) is 3. The molecule has 1 fully saturated rings. The van der Waals surface area contributed by atoms with Crippen LogP contribution in [0, 0.1) is 0 Å². The van der Waals surface area contributed by atoms with Crippen LogP contribution < -0.4 is 0 Å². The lowest BCUT2D eigenvalue weighted by Gasteiger charge is -2.29. The molecule has 1 aromatic carbocycles. The molecule has 1 aliphatic rings. The molecule has 7 heteroatoms. The first-order chi connectivity index (χ1) is 12.5. The van der Waals surface area contributed by atoms with Gasteiger partial charge in [0.05, 0.1) is 11.6 Å². The van der Waals surface area contributed by atoms with Crippen LogP contribution in [0.15, 0.2) is 35.8 Å². The van der Waals surface area contributed by atoms with Gasteiger partial charge in [0.25, 0.3) is 12.3 Å². The second-order valence-corrected chi connectivity index (χ2v) is 7.62. The van der Waals surface area contributed by atoms with Crippen molar-refractivity contribution >= 4 is 27.3 Å². The first-order valence-electron chi connectivity index (χ1n) is 8.58. The highest BCUT2D eigenvalue weighted by atomic mass is 32.1. The van der Waals surface area contributed by atoms with Crippen LogP contribution in [0.3, 0.4) is 0 Å². The summed E-state index contributed by atoms with van der Waals surface area (Å²) in [6.45, 7) is 1.98. The van der Waals surface area contributed by atoms with Crippen molar-refractivity contribution in [2.45, 2.75) is 38.3 Å². The van der Waals surface area contributed by atoms with E-state index in [9.17, 15) is 13.6 Å². The van der Waals surface area contributed by atoms with E-state index in [0.717, 1.165) is 28.5 Å². The summed E-state index contributed by atoms with van der Waals surface area (Å²) in [5.74, 6) is -0.362. The summed E-state index contributed by atoms with van der Waals surface area (Å²) in [6, 6.07) is 7.97. The summed E-state index contributed by atoms with van der Waals surface area (Å²) < 4.78 is 29.1. The Morgan fingerprint density at radius 3 is 2.77 bits per heavy atom. The maximum Gasteiger partial charge on any atom is 0.282 e. The number of carbonyl (C=O) groups is 1. The van der Waals surface area contributed by atoms with Crippen molar-refractivity contribution in [3.05, 3.63) is 52.7 Å². The standard InChI is InChI=1S/C19H19F2N3OS/c1-11(15-10-26-16-6-4-3-5-13(15)16)24(12-7-8-12)19(25)14-9-23(2)22-17(14)18(20)21/h3-6,9-12,18H,7-8H2,1-2H3. The molecular formula is C19H19F2N3OS. The molecule has 4 nitrogen and oxygen atoms in total. The topological polar surface area (TPSA) is 38.1 Å². The maximum atomic E-state index is 13.3. The van der Waals surface area contributed by atoms with Gasteiger partial charge in [-0.3, -0.25) is 9.48 Å². The van der Waals surface area contributed by atoms with E-state index >= 15 is 0 Å². The number of alkyl halides is 2. The number of carbonyl (C=O) groups excluding carboxylic acids is 1. The third-order valence-electron chi connectivity index (χ3n) is 4.85. The molecule has 136 valence electrons. The molecule has 0 spiro atoms. The zero-order valence-electron chi connectivity index (χ0n) is 14.5. The minimum Gasteiger partial charge on any atom is -0.329 e. The minimum absolute atomic E-state index is 0.000727. The summed E-state index contributed by atoms with van der Waals surface area (Å²) in [5.41, 5.74) is 0.625. The van der Waals surface area contributed by atoms with Crippen LogP contribution in [0.4, 0.5) is 8.78 Å². The van der Waals surface area contributed by atoms with Crippen molar-refractivity contribution in [3.63, 3.8) is 0 Å². The molecule has 0 bridgehead atoms. The first kappa shape index (κ1) is 17.1. The fourth-order valence-electron chi connectivity index (χ4n) is 3.45. The molecule has 3 aromatic rings. The molecule has 1 aliphatic carbocycles. The first-order valence-corrected chi connectivity index (χ1v) is 9.45. The van der Waals surface area contributed by atoms with Gasteiger partial charge in [0.15, 0.2) is 0 Å². The Hall–Kier alpha value is -2.28. The number of thiophene rings is 1. The maximum absolute atomic E-state index is 13.3. The lowest BCUT2D eigenvalue weighted by molar-refractivity contribution is 0.0663. The molecule has 1 saturated carbocycles. The molecule has 0 saturated heterocycles. The van der Waals surface area contributed by atoms with E-state index in [1.807, 2.05) is 25.1 Å². The van der Waals surface area contributed by atoms with Gasteiger partial charge in [0.2, 0.25) is 0 Å². The highest BCUT2D eigenvalue weighted by Gasteiger charge is 2.39. The SMILES string of the molecule is CC(c1csc2ccccc12)N(C(=O)c1cn(C)nc1C(F)F)C1CC1. The fourth-order valence-corrected chi connectivity index (χ4v) is 4.50. The van der Waals surface area contributed by atoms with Crippen molar-refractivity contribution in [2.75, 3.05) is 0 Å². The van der Waals surface area contributed by atoms with E-state index in [2.05, 4.69) is 16.5 Å². The molecule has 0 N–H and O–H groups in total. The van der Waals surface area contributed by atoms with E-state index in [1.54, 1.807) is 23.3 Å². The summed E-state index contributed by atoms with van der Waals surface area (Å²) in [4.78, 5) is 14.9. The number of fused-ring (bicyclic) bond motifs is 1. The molecule has 4 rings (SSSR count). The monoisotopic (exact) mass is 375 g/mol. The minimum atomic E-state index is -2.77. The highest BCUT2D eigenvalue weighted by Crippen LogP contribution is 2.40. The number of amides is 1. The summed E-state index contributed by atoms with van der Waals surface area (Å²) in [6.07, 6.45) is 0.441. The Morgan fingerprint density at radius 2 is 2.08 bits per heavy atom. The van der Waals surface area contributed by atoms with Gasteiger partial charge in [0, 0.05) is 24.0 Å². The normalized spacial score (nSPS) is 15.6. The molecule has 1 atom stereocenters. The van der Waals surface area contributed by atoms with Crippen LogP contribution in [0.2, 0.25) is 0 Å². The number of rotatable bonds is 5. The molecule has 26 heavy (non-hydrogen) atoms. The number of halogens is 2. The molecular weight excluding hydrogens is 356 g/mol. The fraction of sp³-hybridized carbons (Fsp3) is 0.368. The predicted molar refractivity (Wildman–Crippen MR) is 97.6 cm³/mol. The van der Waals surface area contributed by atoms with Crippen LogP contribution in [0.25, 0.3) is 10.1 Å². The number of aromatic nitrogens is 2. The molecule has 2 heterocycles. The lowest BCUT2D eigenvalue weighted by atomic mass is 10.0. The third-order valence-corrected chi connectivity index (χ3v) is 5.83. The van der Waals surface area contributed by atoms with Crippen molar-refractivity contribution in [2.24, 2.45) is 7.05 Å². The Kier molecular flexibility index (Phi) is 4.26.